The van der Waals surface area contributed by atoms with Gasteiger partial charge >= 0.3 is 12.1 Å². The van der Waals surface area contributed by atoms with E-state index in [2.05, 4.69) is 15.6 Å². The summed E-state index contributed by atoms with van der Waals surface area (Å²) < 4.78 is 9.78. The number of hydrogen-bond donors (Lipinski definition) is 5. The maximum atomic E-state index is 13.2. The van der Waals surface area contributed by atoms with Crippen molar-refractivity contribution in [3.63, 3.8) is 0 Å². The van der Waals surface area contributed by atoms with Crippen LogP contribution >= 0.6 is 0 Å². The van der Waals surface area contributed by atoms with Crippen LogP contribution in [0.2, 0.25) is 0 Å². The summed E-state index contributed by atoms with van der Waals surface area (Å²) in [4.78, 5) is 53.4. The minimum atomic E-state index is -1.41. The van der Waals surface area contributed by atoms with Crippen molar-refractivity contribution in [2.45, 2.75) is 47.1 Å². The second kappa shape index (κ2) is 13.2. The van der Waals surface area contributed by atoms with Gasteiger partial charge in [-0.3, -0.25) is 15.0 Å². The molecule has 2 aromatic rings. The fraction of sp³-hybridized carbons (Fsp3) is 0.400. The number of amidine groups is 1. The molecule has 0 aliphatic rings. The molecule has 0 saturated heterocycles. The van der Waals surface area contributed by atoms with Crippen LogP contribution in [0.5, 0.6) is 0 Å². The molecule has 1 heterocycles. The molecular weight excluding hydrogens is 482 g/mol. The maximum Gasteiger partial charge on any atom is 0.423 e. The number of H-pyrrole nitrogens is 1. The van der Waals surface area contributed by atoms with Gasteiger partial charge in [0.25, 0.3) is 11.8 Å². The molecule has 37 heavy (non-hydrogen) atoms. The first-order valence-corrected chi connectivity index (χ1v) is 11.8. The first-order valence-electron chi connectivity index (χ1n) is 11.8. The fourth-order valence-corrected chi connectivity index (χ4v) is 3.31. The number of aliphatic hydroxyl groups excluding tert-OH is 1. The van der Waals surface area contributed by atoms with Crippen LogP contribution in [0.3, 0.4) is 0 Å². The van der Waals surface area contributed by atoms with Crippen LogP contribution in [0.15, 0.2) is 24.4 Å². The fourth-order valence-electron chi connectivity index (χ4n) is 3.31. The summed E-state index contributed by atoms with van der Waals surface area (Å²) in [5.74, 6) is -2.06. The van der Waals surface area contributed by atoms with E-state index < -0.39 is 25.0 Å². The lowest BCUT2D eigenvalue weighted by Crippen LogP contribution is -2.39. The molecule has 0 aliphatic carbocycles. The second-order valence-electron chi connectivity index (χ2n) is 8.17. The molecule has 0 radical (unpaired) electrons. The third-order valence-electron chi connectivity index (χ3n) is 5.34. The molecule has 5 N–H and O–H groups in total. The molecule has 0 fully saturated rings. The molecular formula is C25H33N5O7. The van der Waals surface area contributed by atoms with E-state index in [0.717, 1.165) is 11.3 Å². The van der Waals surface area contributed by atoms with Crippen LogP contribution in [0.25, 0.3) is 0 Å². The molecule has 200 valence electrons. The number of hydrogen-bond acceptors (Lipinski definition) is 8. The molecule has 2 rings (SSSR count). The Balaban J connectivity index is 2.48. The lowest BCUT2D eigenvalue weighted by molar-refractivity contribution is -0.160. The van der Waals surface area contributed by atoms with Gasteiger partial charge in [0, 0.05) is 24.8 Å². The zero-order valence-electron chi connectivity index (χ0n) is 21.6. The number of anilines is 1. The Morgan fingerprint density at radius 1 is 1.11 bits per heavy atom. The number of aromatic amines is 1. The Kier molecular flexibility index (Phi) is 10.4. The number of nitrogens with one attached hydrogen (secondary N) is 4. The number of carbonyl (C=O) groups excluding carboxylic acids is 4. The first kappa shape index (κ1) is 29.0. The van der Waals surface area contributed by atoms with Gasteiger partial charge in [0.15, 0.2) is 5.84 Å². The van der Waals surface area contributed by atoms with Gasteiger partial charge in [0.2, 0.25) is 6.79 Å². The number of aromatic nitrogens is 1. The number of carbonyl (C=O) groups is 4. The summed E-state index contributed by atoms with van der Waals surface area (Å²) in [6, 6.07) is 4.63. The number of rotatable bonds is 10. The van der Waals surface area contributed by atoms with E-state index >= 15 is 0 Å². The maximum absolute atomic E-state index is 13.2. The lowest BCUT2D eigenvalue weighted by Gasteiger charge is -2.25. The van der Waals surface area contributed by atoms with Crippen LogP contribution in [0.1, 0.15) is 64.7 Å². The van der Waals surface area contributed by atoms with E-state index in [0.29, 0.717) is 29.8 Å². The van der Waals surface area contributed by atoms with E-state index in [1.807, 2.05) is 6.92 Å². The predicted molar refractivity (Wildman–Crippen MR) is 136 cm³/mol. The smallest absolute Gasteiger partial charge is 0.423 e. The van der Waals surface area contributed by atoms with Crippen molar-refractivity contribution >= 4 is 35.4 Å². The van der Waals surface area contributed by atoms with E-state index in [4.69, 9.17) is 14.9 Å². The highest BCUT2D eigenvalue weighted by molar-refractivity contribution is 6.21. The molecule has 1 unspecified atom stereocenters. The first-order chi connectivity index (χ1) is 17.5. The summed E-state index contributed by atoms with van der Waals surface area (Å²) in [6.07, 6.45) is -0.303. The average molecular weight is 516 g/mol. The number of esters is 1. The number of nitrogens with zero attached hydrogens (tertiary/aromatic N) is 1. The van der Waals surface area contributed by atoms with Crippen LogP contribution < -0.4 is 15.5 Å². The predicted octanol–water partition coefficient (Wildman–Crippen LogP) is 2.37. The molecule has 0 aliphatic heterocycles. The topological polar surface area (TPSA) is 174 Å². The average Bonchev–Trinajstić information content (AvgIpc) is 3.24. The Labute approximate surface area is 214 Å². The van der Waals surface area contributed by atoms with E-state index in [1.54, 1.807) is 32.9 Å². The van der Waals surface area contributed by atoms with Gasteiger partial charge in [-0.15, -0.1) is 0 Å². The number of ether oxygens (including phenoxy) is 2. The number of aryl methyl sites for hydroxylation is 1. The van der Waals surface area contributed by atoms with E-state index in [1.165, 1.54) is 19.2 Å². The van der Waals surface area contributed by atoms with Gasteiger partial charge in [-0.05, 0) is 57.4 Å². The minimum Gasteiger partial charge on any atom is -0.426 e. The van der Waals surface area contributed by atoms with Crippen LogP contribution in [0.4, 0.5) is 10.5 Å². The number of benzene rings is 1. The highest BCUT2D eigenvalue weighted by atomic mass is 16.7. The van der Waals surface area contributed by atoms with E-state index in [9.17, 15) is 24.3 Å². The van der Waals surface area contributed by atoms with Gasteiger partial charge in [0.1, 0.15) is 6.10 Å². The molecule has 1 aromatic carbocycles. The summed E-state index contributed by atoms with van der Waals surface area (Å²) in [6.45, 7) is 8.26. The van der Waals surface area contributed by atoms with Crippen molar-refractivity contribution < 1.29 is 33.8 Å². The lowest BCUT2D eigenvalue weighted by atomic mass is 10.1. The molecule has 0 spiro atoms. The molecule has 0 saturated carbocycles. The van der Waals surface area contributed by atoms with Gasteiger partial charge in [-0.1, -0.05) is 13.0 Å². The van der Waals surface area contributed by atoms with Gasteiger partial charge in [0.05, 0.1) is 16.9 Å². The Morgan fingerprint density at radius 2 is 1.81 bits per heavy atom. The summed E-state index contributed by atoms with van der Waals surface area (Å²) in [5.41, 5.74) is 1.86. The molecule has 3 amide bonds. The van der Waals surface area contributed by atoms with Crippen molar-refractivity contribution in [1.82, 2.24) is 15.6 Å². The van der Waals surface area contributed by atoms with Crippen molar-refractivity contribution in [1.29, 1.82) is 5.41 Å². The Morgan fingerprint density at radius 3 is 2.43 bits per heavy atom. The highest BCUT2D eigenvalue weighted by Crippen LogP contribution is 2.26. The van der Waals surface area contributed by atoms with Crippen LogP contribution in [0, 0.1) is 19.3 Å². The quantitative estimate of drug-likeness (QED) is 0.140. The van der Waals surface area contributed by atoms with Crippen molar-refractivity contribution in [2.24, 2.45) is 0 Å². The second-order valence-corrected chi connectivity index (χ2v) is 8.17. The summed E-state index contributed by atoms with van der Waals surface area (Å²) >= 11 is 0. The summed E-state index contributed by atoms with van der Waals surface area (Å²) in [7, 11) is 0. The minimum absolute atomic E-state index is 0.169. The standard InChI is InChI=1S/C25H33N5O7/c1-6-10-28-23(33)18-12-29-20(15(18)4)21(26)30(25(35)37-13-36-24(34)16(5)31)19-11-17(9-8-14(19)3)22(32)27-7-2/h8-9,11-12,16,26,29,31H,6-7,10,13H2,1-5H3,(H,27,32)(H,28,33). The Hall–Kier alpha value is -4.19. The number of amides is 3. The molecule has 12 heteroatoms. The zero-order chi connectivity index (χ0) is 27.7. The molecule has 1 atom stereocenters. The van der Waals surface area contributed by atoms with Crippen LogP contribution in [-0.4, -0.2) is 65.8 Å². The van der Waals surface area contributed by atoms with Gasteiger partial charge in [-0.25, -0.2) is 14.5 Å². The normalized spacial score (nSPS) is 11.3. The van der Waals surface area contributed by atoms with Gasteiger partial charge in [-0.2, -0.15) is 0 Å². The van der Waals surface area contributed by atoms with Gasteiger partial charge < -0.3 is 30.2 Å². The monoisotopic (exact) mass is 515 g/mol. The zero-order valence-corrected chi connectivity index (χ0v) is 21.6. The SMILES string of the molecule is CCCNC(=O)c1c[nH]c(C(=N)N(C(=O)OCOC(=O)C(C)O)c2cc(C(=O)NCC)ccc2C)c1C. The highest BCUT2D eigenvalue weighted by Gasteiger charge is 2.29. The van der Waals surface area contributed by atoms with E-state index in [-0.39, 0.29) is 34.6 Å². The Bertz CT molecular complexity index is 1170. The largest absolute Gasteiger partial charge is 0.426 e. The van der Waals surface area contributed by atoms with Crippen molar-refractivity contribution in [3.8, 4) is 0 Å². The van der Waals surface area contributed by atoms with Crippen molar-refractivity contribution in [3.05, 3.63) is 52.3 Å². The molecule has 1 aromatic heterocycles. The third-order valence-corrected chi connectivity index (χ3v) is 5.34. The molecule has 12 nitrogen and oxygen atoms in total. The van der Waals surface area contributed by atoms with Crippen molar-refractivity contribution in [2.75, 3.05) is 24.8 Å². The summed E-state index contributed by atoms with van der Waals surface area (Å²) in [5, 5.41) is 23.6. The number of aliphatic hydroxyl groups is 1. The molecule has 0 bridgehead atoms. The van der Waals surface area contributed by atoms with Crippen LogP contribution in [-0.2, 0) is 14.3 Å². The third kappa shape index (κ3) is 7.17.